The van der Waals surface area contributed by atoms with Crippen LogP contribution in [0.3, 0.4) is 0 Å². The third-order valence-electron chi connectivity index (χ3n) is 3.27. The molecule has 0 saturated carbocycles. The Morgan fingerprint density at radius 2 is 2.25 bits per heavy atom. The van der Waals surface area contributed by atoms with E-state index in [0.29, 0.717) is 6.54 Å². The van der Waals surface area contributed by atoms with Crippen LogP contribution in [-0.2, 0) is 6.54 Å². The van der Waals surface area contributed by atoms with Crippen molar-refractivity contribution in [2.45, 2.75) is 26.3 Å². The van der Waals surface area contributed by atoms with Gasteiger partial charge in [-0.15, -0.1) is 35.3 Å². The van der Waals surface area contributed by atoms with E-state index in [1.807, 2.05) is 11.6 Å². The van der Waals surface area contributed by atoms with Crippen molar-refractivity contribution in [1.29, 1.82) is 0 Å². The molecule has 1 fully saturated rings. The second kappa shape index (κ2) is 7.26. The number of guanidine groups is 1. The lowest BCUT2D eigenvalue weighted by atomic mass is 10.4. The fraction of sp³-hybridized carbons (Fsp3) is 0.538. The minimum absolute atomic E-state index is 0. The Labute approximate surface area is 140 Å². The van der Waals surface area contributed by atoms with Gasteiger partial charge in [0.15, 0.2) is 10.9 Å². The highest BCUT2D eigenvalue weighted by molar-refractivity contribution is 14.0. The molecule has 7 heteroatoms. The molecule has 2 aromatic heterocycles. The van der Waals surface area contributed by atoms with E-state index in [9.17, 15) is 0 Å². The Hall–Kier alpha value is -0.830. The summed E-state index contributed by atoms with van der Waals surface area (Å²) in [5.74, 6) is 1.02. The van der Waals surface area contributed by atoms with Gasteiger partial charge in [0.25, 0.3) is 0 Å². The number of likely N-dealkylation sites (tertiary alicyclic amines) is 1. The molecule has 0 unspecified atom stereocenters. The van der Waals surface area contributed by atoms with Gasteiger partial charge in [-0.3, -0.25) is 4.40 Å². The van der Waals surface area contributed by atoms with Crippen molar-refractivity contribution in [3.63, 3.8) is 0 Å². The van der Waals surface area contributed by atoms with Crippen molar-refractivity contribution in [1.82, 2.24) is 19.6 Å². The van der Waals surface area contributed by atoms with E-state index in [2.05, 4.69) is 32.7 Å². The first kappa shape index (κ1) is 15.6. The van der Waals surface area contributed by atoms with Crippen LogP contribution < -0.4 is 5.32 Å². The lowest BCUT2D eigenvalue weighted by molar-refractivity contribution is 0.493. The summed E-state index contributed by atoms with van der Waals surface area (Å²) in [5, 5.41) is 5.41. The Bertz CT molecular complexity index is 542. The third kappa shape index (κ3) is 3.43. The molecule has 110 valence electrons. The van der Waals surface area contributed by atoms with Gasteiger partial charge in [-0.1, -0.05) is 0 Å². The summed E-state index contributed by atoms with van der Waals surface area (Å²) in [5.41, 5.74) is 1.03. The van der Waals surface area contributed by atoms with Crippen LogP contribution in [0.1, 0.15) is 25.5 Å². The van der Waals surface area contributed by atoms with Crippen molar-refractivity contribution < 1.29 is 0 Å². The van der Waals surface area contributed by atoms with Crippen LogP contribution >= 0.6 is 35.3 Å². The zero-order chi connectivity index (χ0) is 13.1. The summed E-state index contributed by atoms with van der Waals surface area (Å²) >= 11 is 1.66. The highest BCUT2D eigenvalue weighted by Crippen LogP contribution is 2.12. The van der Waals surface area contributed by atoms with Crippen molar-refractivity contribution in [3.05, 3.63) is 23.5 Å². The molecule has 0 bridgehead atoms. The van der Waals surface area contributed by atoms with Crippen molar-refractivity contribution in [2.75, 3.05) is 19.6 Å². The van der Waals surface area contributed by atoms with E-state index in [0.717, 1.165) is 36.2 Å². The highest BCUT2D eigenvalue weighted by atomic mass is 127. The molecular formula is C13H20IN5S. The lowest BCUT2D eigenvalue weighted by Crippen LogP contribution is -2.39. The number of hydrogen-bond acceptors (Lipinski definition) is 3. The molecule has 1 saturated heterocycles. The summed E-state index contributed by atoms with van der Waals surface area (Å²) in [6, 6.07) is 0. The molecule has 0 spiro atoms. The summed E-state index contributed by atoms with van der Waals surface area (Å²) in [4.78, 5) is 12.6. The Morgan fingerprint density at radius 1 is 1.45 bits per heavy atom. The molecule has 3 heterocycles. The van der Waals surface area contributed by atoms with E-state index in [1.54, 1.807) is 11.3 Å². The Kier molecular flexibility index (Phi) is 5.64. The van der Waals surface area contributed by atoms with E-state index in [1.165, 1.54) is 12.8 Å². The quantitative estimate of drug-likeness (QED) is 0.485. The lowest BCUT2D eigenvalue weighted by Gasteiger charge is -2.20. The minimum Gasteiger partial charge on any atom is -0.357 e. The maximum atomic E-state index is 4.70. The molecule has 1 aliphatic heterocycles. The zero-order valence-electron chi connectivity index (χ0n) is 11.6. The highest BCUT2D eigenvalue weighted by Gasteiger charge is 2.15. The summed E-state index contributed by atoms with van der Waals surface area (Å²) in [6.45, 7) is 5.90. The molecular weight excluding hydrogens is 385 g/mol. The van der Waals surface area contributed by atoms with Gasteiger partial charge in [-0.05, 0) is 19.8 Å². The molecule has 1 N–H and O–H groups in total. The van der Waals surface area contributed by atoms with E-state index in [4.69, 9.17) is 4.99 Å². The maximum Gasteiger partial charge on any atom is 0.194 e. The monoisotopic (exact) mass is 405 g/mol. The number of fused-ring (bicyclic) bond motifs is 1. The predicted molar refractivity (Wildman–Crippen MR) is 94.1 cm³/mol. The first-order chi connectivity index (χ1) is 9.36. The van der Waals surface area contributed by atoms with E-state index in [-0.39, 0.29) is 24.0 Å². The molecule has 0 aliphatic carbocycles. The van der Waals surface area contributed by atoms with Crippen LogP contribution in [0, 0.1) is 0 Å². The van der Waals surface area contributed by atoms with Gasteiger partial charge < -0.3 is 10.2 Å². The van der Waals surface area contributed by atoms with Crippen molar-refractivity contribution in [3.8, 4) is 0 Å². The average Bonchev–Trinajstić information content (AvgIpc) is 3.09. The summed E-state index contributed by atoms with van der Waals surface area (Å²) in [7, 11) is 0. The van der Waals surface area contributed by atoms with E-state index < -0.39 is 0 Å². The van der Waals surface area contributed by atoms with Gasteiger partial charge in [0.05, 0.1) is 12.2 Å². The first-order valence-corrected chi connectivity index (χ1v) is 7.69. The molecule has 20 heavy (non-hydrogen) atoms. The standard InChI is InChI=1S/C13H19N5S.HI/c1-2-14-12(17-5-3-4-6-17)15-9-11-10-18-7-8-19-13(18)16-11;/h7-8,10H,2-6,9H2,1H3,(H,14,15);1H. The van der Waals surface area contributed by atoms with Crippen LogP contribution in [0.25, 0.3) is 4.96 Å². The number of thiazole rings is 1. The number of rotatable bonds is 3. The van der Waals surface area contributed by atoms with Crippen molar-refractivity contribution in [2.24, 2.45) is 4.99 Å². The normalized spacial score (nSPS) is 15.7. The third-order valence-corrected chi connectivity index (χ3v) is 4.05. The van der Waals surface area contributed by atoms with Crippen LogP contribution in [0.5, 0.6) is 0 Å². The zero-order valence-corrected chi connectivity index (χ0v) is 14.7. The van der Waals surface area contributed by atoms with Gasteiger partial charge in [-0.25, -0.2) is 9.98 Å². The Balaban J connectivity index is 0.00000147. The number of nitrogens with one attached hydrogen (secondary N) is 1. The van der Waals surface area contributed by atoms with Crippen LogP contribution in [-0.4, -0.2) is 39.9 Å². The first-order valence-electron chi connectivity index (χ1n) is 6.81. The fourth-order valence-electron chi connectivity index (χ4n) is 2.36. The predicted octanol–water partition coefficient (Wildman–Crippen LogP) is 2.58. The second-order valence-electron chi connectivity index (χ2n) is 4.69. The number of aromatic nitrogens is 2. The molecule has 3 rings (SSSR count). The minimum atomic E-state index is 0. The van der Waals surface area contributed by atoms with Gasteiger partial charge in [0, 0.05) is 37.4 Å². The largest absolute Gasteiger partial charge is 0.357 e. The number of aliphatic imine (C=N–C) groups is 1. The number of hydrogen-bond donors (Lipinski definition) is 1. The van der Waals surface area contributed by atoms with Gasteiger partial charge in [0.2, 0.25) is 0 Å². The SMILES string of the molecule is CCNC(=NCc1cn2ccsc2n1)N1CCCC1.I. The second-order valence-corrected chi connectivity index (χ2v) is 5.56. The molecule has 0 radical (unpaired) electrons. The molecule has 2 aromatic rings. The fourth-order valence-corrected chi connectivity index (χ4v) is 3.08. The van der Waals surface area contributed by atoms with Crippen LogP contribution in [0.4, 0.5) is 0 Å². The topological polar surface area (TPSA) is 44.9 Å². The van der Waals surface area contributed by atoms with Gasteiger partial charge in [0.1, 0.15) is 0 Å². The van der Waals surface area contributed by atoms with Gasteiger partial charge >= 0.3 is 0 Å². The Morgan fingerprint density at radius 3 is 2.95 bits per heavy atom. The number of nitrogens with zero attached hydrogens (tertiary/aromatic N) is 4. The number of halogens is 1. The summed E-state index contributed by atoms with van der Waals surface area (Å²) in [6.07, 6.45) is 6.63. The molecule has 1 aliphatic rings. The molecule has 0 atom stereocenters. The average molecular weight is 405 g/mol. The van der Waals surface area contributed by atoms with Gasteiger partial charge in [-0.2, -0.15) is 0 Å². The van der Waals surface area contributed by atoms with Crippen LogP contribution in [0.2, 0.25) is 0 Å². The van der Waals surface area contributed by atoms with E-state index >= 15 is 0 Å². The number of imidazole rings is 1. The molecule has 0 aromatic carbocycles. The maximum absolute atomic E-state index is 4.70. The van der Waals surface area contributed by atoms with Crippen LogP contribution in [0.15, 0.2) is 22.8 Å². The molecule has 5 nitrogen and oxygen atoms in total. The summed E-state index contributed by atoms with van der Waals surface area (Å²) < 4.78 is 2.05. The smallest absolute Gasteiger partial charge is 0.194 e. The van der Waals surface area contributed by atoms with Crippen molar-refractivity contribution >= 4 is 46.2 Å². The molecule has 0 amide bonds.